The molecule has 110 valence electrons. The van der Waals surface area contributed by atoms with Crippen molar-refractivity contribution in [3.63, 3.8) is 0 Å². The molecule has 0 saturated carbocycles. The monoisotopic (exact) mass is 284 g/mol. The van der Waals surface area contributed by atoms with Crippen LogP contribution in [0, 0.1) is 0 Å². The second-order valence-electron chi connectivity index (χ2n) is 5.16. The number of piperidine rings is 1. The number of likely N-dealkylation sites (tertiary alicyclic amines) is 1. The number of alkyl halides is 3. The van der Waals surface area contributed by atoms with Gasteiger partial charge in [-0.1, -0.05) is 36.9 Å². The third-order valence-electron chi connectivity index (χ3n) is 4.04. The number of halogens is 3. The number of hydrogen-bond donors (Lipinski definition) is 1. The smallest absolute Gasteiger partial charge is 0.312 e. The number of benzene rings is 1. The molecule has 1 aromatic rings. The van der Waals surface area contributed by atoms with Crippen LogP contribution in [0.4, 0.5) is 13.2 Å². The maximum Gasteiger partial charge on any atom is 0.484 e. The van der Waals surface area contributed by atoms with Crippen LogP contribution in [-0.4, -0.2) is 30.3 Å². The van der Waals surface area contributed by atoms with Gasteiger partial charge in [-0.25, -0.2) is 0 Å². The molecule has 1 N–H and O–H groups in total. The summed E-state index contributed by atoms with van der Waals surface area (Å²) >= 11 is 0. The third-order valence-corrected chi connectivity index (χ3v) is 4.04. The molecule has 3 unspecified atom stereocenters. The summed E-state index contributed by atoms with van der Waals surface area (Å²) in [6.45, 7) is 5.25. The van der Waals surface area contributed by atoms with Gasteiger partial charge in [-0.2, -0.15) is 13.2 Å². The second kappa shape index (κ2) is 5.48. The lowest BCUT2D eigenvalue weighted by molar-refractivity contribution is -0.251. The van der Waals surface area contributed by atoms with E-state index < -0.39 is 12.3 Å². The Morgan fingerprint density at radius 3 is 2.35 bits per heavy atom. The van der Waals surface area contributed by atoms with Crippen molar-refractivity contribution in [3.05, 3.63) is 48.2 Å². The maximum absolute atomic E-state index is 13.3. The summed E-state index contributed by atoms with van der Waals surface area (Å²) in [5.41, 5.74) is 1.03. The van der Waals surface area contributed by atoms with Gasteiger partial charge in [0.2, 0.25) is 0 Å². The van der Waals surface area contributed by atoms with Gasteiger partial charge >= 0.3 is 6.30 Å². The Kier molecular flexibility index (Phi) is 4.09. The zero-order valence-corrected chi connectivity index (χ0v) is 11.6. The molecule has 2 nitrogen and oxygen atoms in total. The van der Waals surface area contributed by atoms with Crippen LogP contribution in [0.5, 0.6) is 0 Å². The number of hydrogen-bond acceptors (Lipinski definition) is 2. The summed E-state index contributed by atoms with van der Waals surface area (Å²) < 4.78 is 39.8. The van der Waals surface area contributed by atoms with E-state index in [0.717, 1.165) is 5.56 Å². The Bertz CT molecular complexity index is 470. The highest BCUT2D eigenvalue weighted by molar-refractivity contribution is 5.26. The van der Waals surface area contributed by atoms with Crippen molar-refractivity contribution in [2.24, 2.45) is 0 Å². The molecule has 20 heavy (non-hydrogen) atoms. The molecule has 1 heterocycles. The minimum absolute atomic E-state index is 0.0969. The Morgan fingerprint density at radius 2 is 1.85 bits per heavy atom. The van der Waals surface area contributed by atoms with Crippen molar-refractivity contribution >= 4 is 0 Å². The predicted molar refractivity (Wildman–Crippen MR) is 73.1 cm³/mol. The second-order valence-corrected chi connectivity index (χ2v) is 5.16. The molecule has 3 atom stereocenters. The highest BCUT2D eigenvalue weighted by Gasteiger charge is 2.48. The van der Waals surface area contributed by atoms with Crippen LogP contribution in [0.3, 0.4) is 0 Å². The van der Waals surface area contributed by atoms with Crippen molar-refractivity contribution in [1.82, 2.24) is 10.2 Å². The summed E-state index contributed by atoms with van der Waals surface area (Å²) in [4.78, 5) is 0.495. The molecule has 0 aromatic heterocycles. The zero-order valence-electron chi connectivity index (χ0n) is 11.6. The van der Waals surface area contributed by atoms with Crippen LogP contribution in [0.2, 0.25) is 0 Å². The minimum Gasteiger partial charge on any atom is -0.312 e. The molecular formula is C15H19F3N2. The molecule has 1 aliphatic rings. The van der Waals surface area contributed by atoms with Crippen LogP contribution in [0.1, 0.15) is 24.8 Å². The van der Waals surface area contributed by atoms with E-state index in [1.54, 1.807) is 14.0 Å². The zero-order chi connectivity index (χ0) is 14.9. The van der Waals surface area contributed by atoms with E-state index in [1.165, 1.54) is 0 Å². The van der Waals surface area contributed by atoms with Crippen LogP contribution in [0.15, 0.2) is 42.6 Å². The fourth-order valence-corrected chi connectivity index (χ4v) is 2.99. The largest absolute Gasteiger partial charge is 0.484 e. The van der Waals surface area contributed by atoms with Crippen molar-refractivity contribution < 1.29 is 13.2 Å². The van der Waals surface area contributed by atoms with Gasteiger partial charge in [0.15, 0.2) is 0 Å². The van der Waals surface area contributed by atoms with Gasteiger partial charge in [-0.3, -0.25) is 4.90 Å². The van der Waals surface area contributed by atoms with E-state index in [9.17, 15) is 13.2 Å². The van der Waals surface area contributed by atoms with Crippen molar-refractivity contribution in [1.29, 1.82) is 0 Å². The lowest BCUT2D eigenvalue weighted by Gasteiger charge is -2.46. The standard InChI is InChI=1S/C15H19F3N2/c1-10-13(12-7-5-4-6-8-12)9-14(19-3)11(2)20(10)15(16,17)18/h4-8,10,13-14,19H,2,9H2,1,3H3. The van der Waals surface area contributed by atoms with Gasteiger partial charge < -0.3 is 5.32 Å². The van der Waals surface area contributed by atoms with E-state index in [1.807, 2.05) is 30.3 Å². The van der Waals surface area contributed by atoms with Crippen LogP contribution < -0.4 is 5.32 Å². The normalized spacial score (nSPS) is 27.8. The highest BCUT2D eigenvalue weighted by Crippen LogP contribution is 2.42. The molecule has 5 heteroatoms. The summed E-state index contributed by atoms with van der Waals surface area (Å²) in [6, 6.07) is 8.34. The lowest BCUT2D eigenvalue weighted by atomic mass is 9.81. The number of nitrogens with zero attached hydrogens (tertiary/aromatic N) is 1. The fraction of sp³-hybridized carbons (Fsp3) is 0.467. The molecule has 1 saturated heterocycles. The van der Waals surface area contributed by atoms with Crippen LogP contribution >= 0.6 is 0 Å². The Labute approximate surface area is 117 Å². The van der Waals surface area contributed by atoms with E-state index in [-0.39, 0.29) is 17.7 Å². The van der Waals surface area contributed by atoms with Gasteiger partial charge in [0.25, 0.3) is 0 Å². The van der Waals surface area contributed by atoms with Crippen molar-refractivity contribution in [2.45, 2.75) is 37.6 Å². The number of nitrogens with one attached hydrogen (secondary N) is 1. The average molecular weight is 284 g/mol. The third kappa shape index (κ3) is 2.68. The van der Waals surface area contributed by atoms with Crippen molar-refractivity contribution in [3.8, 4) is 0 Å². The maximum atomic E-state index is 13.3. The van der Waals surface area contributed by atoms with E-state index in [2.05, 4.69) is 11.9 Å². The summed E-state index contributed by atoms with van der Waals surface area (Å²) in [5.74, 6) is -0.180. The fourth-order valence-electron chi connectivity index (χ4n) is 2.99. The predicted octanol–water partition coefficient (Wildman–Crippen LogP) is 3.49. The molecule has 0 amide bonds. The SMILES string of the molecule is C=C1C(NC)CC(c2ccccc2)C(C)N1C(F)(F)F. The molecule has 1 aromatic carbocycles. The Balaban J connectivity index is 2.37. The average Bonchev–Trinajstić information content (AvgIpc) is 2.38. The molecule has 1 fully saturated rings. The summed E-state index contributed by atoms with van der Waals surface area (Å²) in [5, 5.41) is 2.93. The van der Waals surface area contributed by atoms with Crippen LogP contribution in [0.25, 0.3) is 0 Å². The number of likely N-dealkylation sites (N-methyl/N-ethyl adjacent to an activating group) is 1. The van der Waals surface area contributed by atoms with Crippen molar-refractivity contribution in [2.75, 3.05) is 7.05 Å². The molecule has 2 rings (SSSR count). The molecule has 0 aliphatic carbocycles. The van der Waals surface area contributed by atoms with E-state index in [4.69, 9.17) is 0 Å². The molecule has 0 spiro atoms. The van der Waals surface area contributed by atoms with Gasteiger partial charge in [-0.05, 0) is 26.0 Å². The molecule has 1 aliphatic heterocycles. The first-order chi connectivity index (χ1) is 9.36. The minimum atomic E-state index is -4.40. The molecular weight excluding hydrogens is 265 g/mol. The number of rotatable bonds is 2. The summed E-state index contributed by atoms with van der Waals surface area (Å²) in [6.07, 6.45) is -3.79. The lowest BCUT2D eigenvalue weighted by Crippen LogP contribution is -2.55. The first kappa shape index (κ1) is 14.9. The van der Waals surface area contributed by atoms with Crippen LogP contribution in [-0.2, 0) is 0 Å². The topological polar surface area (TPSA) is 15.3 Å². The Hall–Kier alpha value is -1.49. The summed E-state index contributed by atoms with van der Waals surface area (Å²) in [7, 11) is 1.67. The molecule has 0 radical (unpaired) electrons. The van der Waals surface area contributed by atoms with Gasteiger partial charge in [-0.15, -0.1) is 0 Å². The Morgan fingerprint density at radius 1 is 1.25 bits per heavy atom. The van der Waals surface area contributed by atoms with Gasteiger partial charge in [0, 0.05) is 23.7 Å². The first-order valence-corrected chi connectivity index (χ1v) is 6.63. The van der Waals surface area contributed by atoms with Gasteiger partial charge in [0.1, 0.15) is 0 Å². The highest BCUT2D eigenvalue weighted by atomic mass is 19.4. The molecule has 0 bridgehead atoms. The van der Waals surface area contributed by atoms with E-state index in [0.29, 0.717) is 11.3 Å². The van der Waals surface area contributed by atoms with E-state index >= 15 is 0 Å². The first-order valence-electron chi connectivity index (χ1n) is 6.63. The quantitative estimate of drug-likeness (QED) is 0.836. The van der Waals surface area contributed by atoms with Gasteiger partial charge in [0.05, 0.1) is 0 Å².